The molecule has 0 unspecified atom stereocenters. The van der Waals surface area contributed by atoms with Gasteiger partial charge in [-0.1, -0.05) is 17.8 Å². The molecule has 1 aliphatic rings. The number of phenols is 1. The van der Waals surface area contributed by atoms with E-state index in [1.807, 2.05) is 12.1 Å². The van der Waals surface area contributed by atoms with Gasteiger partial charge in [0.05, 0.1) is 5.56 Å². The molecule has 0 saturated carbocycles. The van der Waals surface area contributed by atoms with Gasteiger partial charge in [0.25, 0.3) is 0 Å². The van der Waals surface area contributed by atoms with Crippen molar-refractivity contribution < 1.29 is 5.11 Å². The highest BCUT2D eigenvalue weighted by Gasteiger charge is 2.26. The second-order valence-corrected chi connectivity index (χ2v) is 9.49. The molecule has 8 nitrogen and oxygen atoms in total. The van der Waals surface area contributed by atoms with Crippen molar-refractivity contribution in [2.45, 2.75) is 24.5 Å². The summed E-state index contributed by atoms with van der Waals surface area (Å²) in [6, 6.07) is 9.67. The topological polar surface area (TPSA) is 113 Å². The summed E-state index contributed by atoms with van der Waals surface area (Å²) < 4.78 is 2.87. The van der Waals surface area contributed by atoms with Crippen LogP contribution in [0.4, 0.5) is 5.82 Å². The number of fused-ring (bicyclic) bond motifs is 3. The van der Waals surface area contributed by atoms with E-state index in [1.165, 1.54) is 6.20 Å². The van der Waals surface area contributed by atoms with Gasteiger partial charge in [-0.3, -0.25) is 9.55 Å². The van der Waals surface area contributed by atoms with Crippen molar-refractivity contribution in [3.63, 3.8) is 0 Å². The first-order valence-electron chi connectivity index (χ1n) is 10.0. The molecule has 0 aliphatic carbocycles. The molecule has 0 spiro atoms. The molecule has 10 heteroatoms. The molecule has 0 radical (unpaired) electrons. The third-order valence-corrected chi connectivity index (χ3v) is 7.00. The molecule has 4 aromatic rings. The molecule has 0 fully saturated rings. The lowest BCUT2D eigenvalue weighted by molar-refractivity contribution is 0.477. The molecule has 2 N–H and O–H groups in total. The van der Waals surface area contributed by atoms with Gasteiger partial charge < -0.3 is 10.4 Å². The zero-order valence-corrected chi connectivity index (χ0v) is 20.1. The molecule has 32 heavy (non-hydrogen) atoms. The molecule has 160 valence electrons. The summed E-state index contributed by atoms with van der Waals surface area (Å²) in [6.45, 7) is 2.82. The first kappa shape index (κ1) is 21.0. The summed E-state index contributed by atoms with van der Waals surface area (Å²) in [5, 5.41) is 23.9. The van der Waals surface area contributed by atoms with Crippen LogP contribution in [0.25, 0.3) is 22.3 Å². The van der Waals surface area contributed by atoms with Crippen molar-refractivity contribution in [1.29, 1.82) is 5.26 Å². The number of aromatic hydroxyl groups is 1. The summed E-state index contributed by atoms with van der Waals surface area (Å²) in [4.78, 5) is 18.0. The lowest BCUT2D eigenvalue weighted by Crippen LogP contribution is -2.09. The fourth-order valence-corrected chi connectivity index (χ4v) is 5.33. The summed E-state index contributed by atoms with van der Waals surface area (Å²) in [6.07, 6.45) is 3.87. The minimum atomic E-state index is 0.157. The Morgan fingerprint density at radius 3 is 3.00 bits per heavy atom. The number of hydrogen-bond acceptors (Lipinski definition) is 8. The van der Waals surface area contributed by atoms with Crippen molar-refractivity contribution in [3.8, 4) is 22.9 Å². The maximum absolute atomic E-state index is 10.3. The second kappa shape index (κ2) is 8.55. The van der Waals surface area contributed by atoms with Crippen LogP contribution in [0.5, 0.6) is 5.75 Å². The monoisotopic (exact) mass is 555 g/mol. The van der Waals surface area contributed by atoms with E-state index in [9.17, 15) is 5.11 Å². The van der Waals surface area contributed by atoms with Gasteiger partial charge >= 0.3 is 0 Å². The quantitative estimate of drug-likeness (QED) is 0.276. The fraction of sp³-hybridized carbons (Fsp3) is 0.227. The minimum absolute atomic E-state index is 0.157. The van der Waals surface area contributed by atoms with Crippen LogP contribution in [0.1, 0.15) is 24.1 Å². The third kappa shape index (κ3) is 3.86. The van der Waals surface area contributed by atoms with Crippen LogP contribution < -0.4 is 5.32 Å². The highest BCUT2D eigenvalue weighted by atomic mass is 127. The van der Waals surface area contributed by atoms with Crippen LogP contribution in [-0.4, -0.2) is 41.9 Å². The number of thioether (sulfide) groups is 1. The highest BCUT2D eigenvalue weighted by molar-refractivity contribution is 14.1. The molecule has 0 saturated heterocycles. The maximum atomic E-state index is 10.3. The van der Waals surface area contributed by atoms with Gasteiger partial charge in [-0.25, -0.2) is 15.0 Å². The zero-order chi connectivity index (χ0) is 22.2. The van der Waals surface area contributed by atoms with Crippen LogP contribution in [0.2, 0.25) is 0 Å². The number of nitriles is 1. The number of benzene rings is 1. The van der Waals surface area contributed by atoms with Gasteiger partial charge in [-0.05, 0) is 37.1 Å². The van der Waals surface area contributed by atoms with Crippen molar-refractivity contribution in [3.05, 3.63) is 51.6 Å². The van der Waals surface area contributed by atoms with E-state index in [-0.39, 0.29) is 5.75 Å². The Bertz CT molecular complexity index is 1380. The number of phenolic OH excluding ortho intramolecular Hbond substituents is 1. The van der Waals surface area contributed by atoms with Crippen LogP contribution in [-0.2, 0) is 6.42 Å². The Balaban J connectivity index is 1.37. The van der Waals surface area contributed by atoms with Crippen molar-refractivity contribution >= 4 is 51.3 Å². The number of imidazole rings is 1. The molecule has 0 bridgehead atoms. The summed E-state index contributed by atoms with van der Waals surface area (Å²) in [7, 11) is 0. The molecule has 0 amide bonds. The van der Waals surface area contributed by atoms with Crippen molar-refractivity contribution in [2.75, 3.05) is 17.6 Å². The molecule has 4 heterocycles. The Kier molecular flexibility index (Phi) is 5.60. The number of nitrogens with zero attached hydrogens (tertiary/aromatic N) is 6. The van der Waals surface area contributed by atoms with E-state index in [0.717, 1.165) is 39.9 Å². The molecule has 5 rings (SSSR count). The van der Waals surface area contributed by atoms with Gasteiger partial charge in [0.15, 0.2) is 26.0 Å². The van der Waals surface area contributed by atoms with Crippen molar-refractivity contribution in [1.82, 2.24) is 24.5 Å². The Labute approximate surface area is 202 Å². The maximum Gasteiger partial charge on any atom is 0.194 e. The normalized spacial score (nSPS) is 15.0. The van der Waals surface area contributed by atoms with E-state index < -0.39 is 0 Å². The number of aromatic nitrogens is 5. The predicted octanol–water partition coefficient (Wildman–Crippen LogP) is 4.39. The van der Waals surface area contributed by atoms with E-state index in [1.54, 1.807) is 30.1 Å². The van der Waals surface area contributed by atoms with Crippen LogP contribution >= 0.6 is 34.4 Å². The van der Waals surface area contributed by atoms with Gasteiger partial charge in [0, 0.05) is 64.5 Å². The lowest BCUT2D eigenvalue weighted by atomic mass is 10.0. The highest BCUT2D eigenvalue weighted by Crippen LogP contribution is 2.37. The van der Waals surface area contributed by atoms with E-state index in [4.69, 9.17) is 10.2 Å². The first-order chi connectivity index (χ1) is 15.5. The van der Waals surface area contributed by atoms with Crippen LogP contribution in [0.3, 0.4) is 0 Å². The van der Waals surface area contributed by atoms with E-state index in [0.29, 0.717) is 33.1 Å². The van der Waals surface area contributed by atoms with Crippen LogP contribution in [0, 0.1) is 15.2 Å². The molecule has 1 atom stereocenters. The van der Waals surface area contributed by atoms with Crippen molar-refractivity contribution in [2.24, 2.45) is 0 Å². The molecule has 1 aliphatic heterocycles. The lowest BCUT2D eigenvalue weighted by Gasteiger charge is -2.11. The van der Waals surface area contributed by atoms with Crippen LogP contribution in [0.15, 0.2) is 41.8 Å². The number of nitrogens with one attached hydrogen (secondary N) is 1. The van der Waals surface area contributed by atoms with Gasteiger partial charge in [0.1, 0.15) is 11.8 Å². The average molecular weight is 555 g/mol. The number of hydrogen-bond donors (Lipinski definition) is 2. The molecule has 1 aromatic carbocycles. The molecule has 3 aromatic heterocycles. The summed E-state index contributed by atoms with van der Waals surface area (Å²) in [5.74, 6) is 1.90. The minimum Gasteiger partial charge on any atom is -0.507 e. The molecular weight excluding hydrogens is 537 g/mol. The first-order valence-corrected chi connectivity index (χ1v) is 12.1. The third-order valence-electron chi connectivity index (χ3n) is 5.32. The number of pyridine rings is 1. The standard InChI is InChI=1S/C22H18IN7OS/c1-12-11-32-22-27-18-19(28-21(23)29-20(18)30(12)22)26-5-4-13-2-3-17(31)16(7-13)15-6-14(8-24)9-25-10-15/h2-3,6-7,9-10,12,31H,4-5,11H2,1H3,(H,26,28,29)/t12-/m1/s1. The number of rotatable bonds is 5. The summed E-state index contributed by atoms with van der Waals surface area (Å²) >= 11 is 3.89. The van der Waals surface area contributed by atoms with E-state index >= 15 is 0 Å². The molecular formula is C22H18IN7OS. The SMILES string of the molecule is C[C@@H]1CSc2nc3c(NCCc4ccc(O)c(-c5cncc(C#N)c5)c4)nc(I)nc3n21. The second-order valence-electron chi connectivity index (χ2n) is 7.54. The number of halogens is 1. The Hall–Kier alpha value is -2.91. The number of anilines is 1. The Morgan fingerprint density at radius 2 is 2.16 bits per heavy atom. The predicted molar refractivity (Wildman–Crippen MR) is 132 cm³/mol. The average Bonchev–Trinajstić information content (AvgIpc) is 3.34. The zero-order valence-electron chi connectivity index (χ0n) is 17.1. The van der Waals surface area contributed by atoms with E-state index in [2.05, 4.69) is 60.4 Å². The van der Waals surface area contributed by atoms with Gasteiger partial charge in [0.2, 0.25) is 0 Å². The largest absolute Gasteiger partial charge is 0.507 e. The Morgan fingerprint density at radius 1 is 1.28 bits per heavy atom. The van der Waals surface area contributed by atoms with Gasteiger partial charge in [-0.15, -0.1) is 0 Å². The fourth-order valence-electron chi connectivity index (χ4n) is 3.76. The smallest absolute Gasteiger partial charge is 0.194 e. The van der Waals surface area contributed by atoms with Gasteiger partial charge in [-0.2, -0.15) is 5.26 Å². The summed E-state index contributed by atoms with van der Waals surface area (Å²) in [5.41, 5.74) is 4.53.